The van der Waals surface area contributed by atoms with E-state index in [1.54, 1.807) is 31.2 Å². The minimum atomic E-state index is -0.588. The van der Waals surface area contributed by atoms with Gasteiger partial charge >= 0.3 is 0 Å². The Morgan fingerprint density at radius 3 is 2.79 bits per heavy atom. The lowest BCUT2D eigenvalue weighted by Gasteiger charge is -2.13. The molecule has 1 atom stereocenters. The van der Waals surface area contributed by atoms with Gasteiger partial charge in [0.2, 0.25) is 5.91 Å². The molecule has 0 radical (unpaired) electrons. The molecule has 0 bridgehead atoms. The van der Waals surface area contributed by atoms with Gasteiger partial charge in [-0.25, -0.2) is 0 Å². The lowest BCUT2D eigenvalue weighted by Crippen LogP contribution is -2.46. The molecule has 0 unspecified atom stereocenters. The van der Waals surface area contributed by atoms with Crippen LogP contribution in [0.25, 0.3) is 0 Å². The molecule has 0 spiro atoms. The number of hydrogen-bond acceptors (Lipinski definition) is 3. The van der Waals surface area contributed by atoms with Crippen LogP contribution in [0.15, 0.2) is 24.3 Å². The number of likely N-dealkylation sites (N-methyl/N-ethyl adjacent to an activating group) is 1. The van der Waals surface area contributed by atoms with E-state index in [1.807, 2.05) is 6.92 Å². The van der Waals surface area contributed by atoms with Crippen LogP contribution in [0, 0.1) is 0 Å². The highest BCUT2D eigenvalue weighted by atomic mass is 35.5. The molecule has 1 rings (SSSR count). The number of carbonyl (C=O) groups excluding carboxylic acids is 2. The van der Waals surface area contributed by atoms with E-state index in [0.29, 0.717) is 17.3 Å². The first kappa shape index (κ1) is 15.3. The number of ether oxygens (including phenoxy) is 1. The minimum absolute atomic E-state index is 0.163. The number of benzene rings is 1. The molecule has 0 aliphatic carbocycles. The van der Waals surface area contributed by atoms with E-state index in [2.05, 4.69) is 10.6 Å². The van der Waals surface area contributed by atoms with Crippen LogP contribution in [0.2, 0.25) is 5.02 Å². The predicted octanol–water partition coefficient (Wildman–Crippen LogP) is 1.36. The van der Waals surface area contributed by atoms with E-state index >= 15 is 0 Å². The molecule has 19 heavy (non-hydrogen) atoms. The zero-order valence-electron chi connectivity index (χ0n) is 10.9. The molecule has 1 aromatic carbocycles. The molecule has 1 aromatic rings. The average Bonchev–Trinajstić information content (AvgIpc) is 2.36. The molecule has 0 heterocycles. The second-order valence-electron chi connectivity index (χ2n) is 3.93. The van der Waals surface area contributed by atoms with Gasteiger partial charge in [-0.2, -0.15) is 0 Å². The summed E-state index contributed by atoms with van der Waals surface area (Å²) in [5.74, 6) is -0.0781. The van der Waals surface area contributed by atoms with Crippen molar-refractivity contribution < 1.29 is 14.3 Å². The summed E-state index contributed by atoms with van der Waals surface area (Å²) in [6.07, 6.45) is 0. The predicted molar refractivity (Wildman–Crippen MR) is 73.2 cm³/mol. The van der Waals surface area contributed by atoms with Crippen LogP contribution >= 0.6 is 11.6 Å². The summed E-state index contributed by atoms with van der Waals surface area (Å²) in [6.45, 7) is 3.79. The lowest BCUT2D eigenvalue weighted by atomic mass is 10.3. The van der Waals surface area contributed by atoms with Crippen molar-refractivity contribution in [3.8, 4) is 5.75 Å². The van der Waals surface area contributed by atoms with E-state index in [0.717, 1.165) is 0 Å². The van der Waals surface area contributed by atoms with E-state index in [-0.39, 0.29) is 18.4 Å². The lowest BCUT2D eigenvalue weighted by molar-refractivity contribution is -0.129. The second kappa shape index (κ2) is 7.63. The third-order valence-electron chi connectivity index (χ3n) is 2.29. The summed E-state index contributed by atoms with van der Waals surface area (Å²) in [7, 11) is 0. The summed E-state index contributed by atoms with van der Waals surface area (Å²) in [5, 5.41) is 5.70. The Morgan fingerprint density at radius 2 is 2.16 bits per heavy atom. The van der Waals surface area contributed by atoms with Gasteiger partial charge in [0.05, 0.1) is 0 Å². The molecule has 6 heteroatoms. The average molecular weight is 285 g/mol. The molecule has 5 nitrogen and oxygen atoms in total. The SMILES string of the molecule is CCNC(=O)[C@@H](C)NC(=O)COc1cccc(Cl)c1. The normalized spacial score (nSPS) is 11.5. The topological polar surface area (TPSA) is 67.4 Å². The number of carbonyl (C=O) groups is 2. The van der Waals surface area contributed by atoms with Crippen molar-refractivity contribution in [1.82, 2.24) is 10.6 Å². The summed E-state index contributed by atoms with van der Waals surface area (Å²) in [5.41, 5.74) is 0. The van der Waals surface area contributed by atoms with Crippen LogP contribution in [0.5, 0.6) is 5.75 Å². The van der Waals surface area contributed by atoms with Crippen LogP contribution in [0.3, 0.4) is 0 Å². The fourth-order valence-corrected chi connectivity index (χ4v) is 1.56. The zero-order chi connectivity index (χ0) is 14.3. The van der Waals surface area contributed by atoms with Gasteiger partial charge in [-0.3, -0.25) is 9.59 Å². The standard InChI is InChI=1S/C13H17ClN2O3/c1-3-15-13(18)9(2)16-12(17)8-19-11-6-4-5-10(14)7-11/h4-7,9H,3,8H2,1-2H3,(H,15,18)(H,16,17)/t9-/m1/s1. The van der Waals surface area contributed by atoms with Crippen LogP contribution in [0.1, 0.15) is 13.8 Å². The van der Waals surface area contributed by atoms with Gasteiger partial charge in [-0.15, -0.1) is 0 Å². The molecule has 0 aliphatic heterocycles. The maximum absolute atomic E-state index is 11.6. The largest absolute Gasteiger partial charge is 0.484 e. The first-order chi connectivity index (χ1) is 9.02. The van der Waals surface area contributed by atoms with Crippen molar-refractivity contribution in [2.45, 2.75) is 19.9 Å². The van der Waals surface area contributed by atoms with Gasteiger partial charge in [0, 0.05) is 11.6 Å². The molecular weight excluding hydrogens is 268 g/mol. The summed E-state index contributed by atoms with van der Waals surface area (Å²) < 4.78 is 5.26. The molecule has 0 aromatic heterocycles. The van der Waals surface area contributed by atoms with Crippen molar-refractivity contribution >= 4 is 23.4 Å². The highest BCUT2D eigenvalue weighted by Crippen LogP contribution is 2.16. The molecule has 0 saturated carbocycles. The number of nitrogens with one attached hydrogen (secondary N) is 2. The summed E-state index contributed by atoms with van der Waals surface area (Å²) >= 11 is 5.79. The van der Waals surface area contributed by atoms with Gasteiger partial charge in [-0.1, -0.05) is 17.7 Å². The third kappa shape index (κ3) is 5.61. The molecular formula is C13H17ClN2O3. The Bertz CT molecular complexity index is 451. The van der Waals surface area contributed by atoms with E-state index in [9.17, 15) is 9.59 Å². The first-order valence-corrected chi connectivity index (χ1v) is 6.36. The Hall–Kier alpha value is -1.75. The van der Waals surface area contributed by atoms with Crippen LogP contribution in [-0.4, -0.2) is 31.0 Å². The minimum Gasteiger partial charge on any atom is -0.484 e. The third-order valence-corrected chi connectivity index (χ3v) is 2.52. The Morgan fingerprint density at radius 1 is 1.42 bits per heavy atom. The van der Waals surface area contributed by atoms with Crippen molar-refractivity contribution in [3.05, 3.63) is 29.3 Å². The van der Waals surface area contributed by atoms with E-state index < -0.39 is 6.04 Å². The highest BCUT2D eigenvalue weighted by Gasteiger charge is 2.14. The Balaban J connectivity index is 2.37. The van der Waals surface area contributed by atoms with Crippen LogP contribution in [0.4, 0.5) is 0 Å². The molecule has 2 amide bonds. The van der Waals surface area contributed by atoms with Gasteiger partial charge in [0.1, 0.15) is 11.8 Å². The number of halogens is 1. The maximum atomic E-state index is 11.6. The Labute approximate surface area is 117 Å². The van der Waals surface area contributed by atoms with E-state index in [4.69, 9.17) is 16.3 Å². The second-order valence-corrected chi connectivity index (χ2v) is 4.37. The van der Waals surface area contributed by atoms with Gasteiger partial charge in [0.25, 0.3) is 5.91 Å². The molecule has 0 saturated heterocycles. The Kier molecular flexibility index (Phi) is 6.15. The molecule has 0 aliphatic rings. The number of amides is 2. The van der Waals surface area contributed by atoms with Crippen LogP contribution in [-0.2, 0) is 9.59 Å². The molecule has 0 fully saturated rings. The molecule has 104 valence electrons. The van der Waals surface area contributed by atoms with Gasteiger partial charge in [0.15, 0.2) is 6.61 Å². The van der Waals surface area contributed by atoms with E-state index in [1.165, 1.54) is 0 Å². The van der Waals surface area contributed by atoms with Crippen molar-refractivity contribution in [2.75, 3.05) is 13.2 Å². The fourth-order valence-electron chi connectivity index (χ4n) is 1.38. The fraction of sp³-hybridized carbons (Fsp3) is 0.385. The van der Waals surface area contributed by atoms with Crippen molar-refractivity contribution in [3.63, 3.8) is 0 Å². The zero-order valence-corrected chi connectivity index (χ0v) is 11.7. The van der Waals surface area contributed by atoms with Crippen LogP contribution < -0.4 is 15.4 Å². The van der Waals surface area contributed by atoms with Gasteiger partial charge in [-0.05, 0) is 32.0 Å². The number of hydrogen-bond donors (Lipinski definition) is 2. The highest BCUT2D eigenvalue weighted by molar-refractivity contribution is 6.30. The molecule has 2 N–H and O–H groups in total. The number of rotatable bonds is 6. The monoisotopic (exact) mass is 284 g/mol. The van der Waals surface area contributed by atoms with Crippen molar-refractivity contribution in [2.24, 2.45) is 0 Å². The van der Waals surface area contributed by atoms with Gasteiger partial charge < -0.3 is 15.4 Å². The summed E-state index contributed by atoms with van der Waals surface area (Å²) in [4.78, 5) is 23.0. The first-order valence-electron chi connectivity index (χ1n) is 5.98. The quantitative estimate of drug-likeness (QED) is 0.829. The maximum Gasteiger partial charge on any atom is 0.258 e. The summed E-state index contributed by atoms with van der Waals surface area (Å²) in [6, 6.07) is 6.17. The van der Waals surface area contributed by atoms with Crippen molar-refractivity contribution in [1.29, 1.82) is 0 Å². The smallest absolute Gasteiger partial charge is 0.258 e.